The van der Waals surface area contributed by atoms with Crippen LogP contribution in [0.15, 0.2) is 4.52 Å². The van der Waals surface area contributed by atoms with E-state index in [1.165, 1.54) is 0 Å². The summed E-state index contributed by atoms with van der Waals surface area (Å²) in [4.78, 5) is 4.36. The maximum absolute atomic E-state index is 5.16. The van der Waals surface area contributed by atoms with Crippen LogP contribution in [-0.2, 0) is 0 Å². The highest BCUT2D eigenvalue weighted by atomic mass is 16.5. The van der Waals surface area contributed by atoms with Crippen molar-refractivity contribution >= 4 is 6.01 Å². The van der Waals surface area contributed by atoms with E-state index in [0.717, 1.165) is 12.2 Å². The molecule has 0 bridgehead atoms. The molecule has 1 heterocycles. The number of nitrogens with one attached hydrogen (secondary N) is 1. The third-order valence-electron chi connectivity index (χ3n) is 2.75. The second kappa shape index (κ2) is 2.97. The largest absolute Gasteiger partial charge is 0.333 e. The van der Waals surface area contributed by atoms with Crippen LogP contribution in [0.4, 0.5) is 6.01 Å². The number of nitrogens with zero attached hydrogens (tertiary/aromatic N) is 2. The Morgan fingerprint density at radius 2 is 2.00 bits per heavy atom. The van der Waals surface area contributed by atoms with Gasteiger partial charge in [0.1, 0.15) is 0 Å². The molecule has 1 unspecified atom stereocenters. The molecule has 0 aliphatic heterocycles. The van der Waals surface area contributed by atoms with Gasteiger partial charge in [-0.2, -0.15) is 4.98 Å². The summed E-state index contributed by atoms with van der Waals surface area (Å²) >= 11 is 0. The predicted octanol–water partition coefficient (Wildman–Crippen LogP) is 2.79. The number of aromatic nitrogens is 2. The number of hydrogen-bond acceptors (Lipinski definition) is 4. The molecule has 1 fully saturated rings. The van der Waals surface area contributed by atoms with Crippen molar-refractivity contribution in [3.05, 3.63) is 5.82 Å². The number of rotatable bonds is 2. The van der Waals surface area contributed by atoms with Crippen LogP contribution < -0.4 is 5.32 Å². The van der Waals surface area contributed by atoms with Gasteiger partial charge in [-0.15, -0.1) is 0 Å². The van der Waals surface area contributed by atoms with E-state index in [2.05, 4.69) is 50.1 Å². The van der Waals surface area contributed by atoms with E-state index in [1.807, 2.05) is 0 Å². The maximum Gasteiger partial charge on any atom is 0.321 e. The van der Waals surface area contributed by atoms with Crippen LogP contribution in [-0.4, -0.2) is 15.7 Å². The zero-order valence-corrected chi connectivity index (χ0v) is 10.1. The lowest BCUT2D eigenvalue weighted by Gasteiger charge is -2.17. The van der Waals surface area contributed by atoms with Crippen LogP contribution in [0.1, 0.15) is 52.8 Å². The minimum absolute atomic E-state index is 0.0388. The number of hydrogen-bond donors (Lipinski definition) is 1. The Hall–Kier alpha value is -1.06. The van der Waals surface area contributed by atoms with Crippen molar-refractivity contribution in [3.8, 4) is 0 Å². The van der Waals surface area contributed by atoms with Gasteiger partial charge < -0.3 is 9.84 Å². The number of anilines is 1. The second-order valence-electron chi connectivity index (χ2n) is 6.08. The molecule has 0 aromatic carbocycles. The van der Waals surface area contributed by atoms with Crippen molar-refractivity contribution in [2.24, 2.45) is 5.41 Å². The predicted molar refractivity (Wildman–Crippen MR) is 58.8 cm³/mol. The van der Waals surface area contributed by atoms with Crippen LogP contribution in [0.5, 0.6) is 0 Å². The highest BCUT2D eigenvalue weighted by Gasteiger charge is 2.49. The van der Waals surface area contributed by atoms with Gasteiger partial charge in [0.15, 0.2) is 5.82 Å². The average molecular weight is 209 g/mol. The lowest BCUT2D eigenvalue weighted by Crippen LogP contribution is -2.26. The third kappa shape index (κ3) is 2.30. The molecule has 0 amide bonds. The summed E-state index contributed by atoms with van der Waals surface area (Å²) < 4.78 is 5.16. The Morgan fingerprint density at radius 1 is 1.40 bits per heavy atom. The molecule has 0 radical (unpaired) electrons. The van der Waals surface area contributed by atoms with Crippen molar-refractivity contribution in [2.45, 2.75) is 52.5 Å². The van der Waals surface area contributed by atoms with Crippen molar-refractivity contribution < 1.29 is 4.52 Å². The Bertz CT molecular complexity index is 362. The molecule has 4 nitrogen and oxygen atoms in total. The second-order valence-corrected chi connectivity index (χ2v) is 6.08. The van der Waals surface area contributed by atoms with E-state index in [9.17, 15) is 0 Å². The fourth-order valence-electron chi connectivity index (χ4n) is 1.66. The molecule has 1 saturated carbocycles. The van der Waals surface area contributed by atoms with Gasteiger partial charge >= 0.3 is 6.01 Å². The van der Waals surface area contributed by atoms with Gasteiger partial charge in [-0.1, -0.05) is 19.0 Å². The molecule has 4 heteroatoms. The van der Waals surface area contributed by atoms with E-state index in [0.29, 0.717) is 17.3 Å². The molecule has 1 atom stereocenters. The third-order valence-corrected chi connectivity index (χ3v) is 2.75. The zero-order chi connectivity index (χ0) is 11.3. The van der Waals surface area contributed by atoms with Crippen LogP contribution in [0.2, 0.25) is 0 Å². The van der Waals surface area contributed by atoms with Gasteiger partial charge in [-0.3, -0.25) is 0 Å². The van der Waals surface area contributed by atoms with Gasteiger partial charge in [0.05, 0.1) is 0 Å². The highest BCUT2D eigenvalue weighted by Crippen LogP contribution is 2.57. The molecular formula is C11H19N3O. The van der Waals surface area contributed by atoms with E-state index < -0.39 is 0 Å². The van der Waals surface area contributed by atoms with Gasteiger partial charge in [0.25, 0.3) is 0 Å². The van der Waals surface area contributed by atoms with Crippen LogP contribution in [0.3, 0.4) is 0 Å². The molecule has 1 aromatic heterocycles. The summed E-state index contributed by atoms with van der Waals surface area (Å²) in [7, 11) is 0. The van der Waals surface area contributed by atoms with E-state index in [4.69, 9.17) is 4.52 Å². The van der Waals surface area contributed by atoms with Crippen molar-refractivity contribution in [1.29, 1.82) is 0 Å². The first-order valence-corrected chi connectivity index (χ1v) is 5.40. The van der Waals surface area contributed by atoms with Gasteiger partial charge in [0.2, 0.25) is 0 Å². The molecule has 1 aromatic rings. The summed E-state index contributed by atoms with van der Waals surface area (Å²) in [6, 6.07) is 0.528. The highest BCUT2D eigenvalue weighted by molar-refractivity contribution is 5.26. The van der Waals surface area contributed by atoms with E-state index in [1.54, 1.807) is 0 Å². The minimum Gasteiger partial charge on any atom is -0.333 e. The topological polar surface area (TPSA) is 51.0 Å². The SMILES string of the molecule is CC(C)(C)Nc1nc(C2CC2(C)C)no1. The Labute approximate surface area is 90.4 Å². The standard InChI is InChI=1S/C11H19N3O/c1-10(2,3)13-9-12-8(14-15-9)7-6-11(7,4)5/h7H,6H2,1-5H3,(H,12,13,14). The monoisotopic (exact) mass is 209 g/mol. The first-order valence-electron chi connectivity index (χ1n) is 5.40. The molecule has 84 valence electrons. The summed E-state index contributed by atoms with van der Waals surface area (Å²) in [5.41, 5.74) is 0.311. The molecule has 0 spiro atoms. The molecular weight excluding hydrogens is 190 g/mol. The van der Waals surface area contributed by atoms with Crippen LogP contribution in [0.25, 0.3) is 0 Å². The Kier molecular flexibility index (Phi) is 2.07. The maximum atomic E-state index is 5.16. The van der Waals surface area contributed by atoms with Gasteiger partial charge in [-0.25, -0.2) is 0 Å². The molecule has 1 aliphatic carbocycles. The Balaban J connectivity index is 2.06. The summed E-state index contributed by atoms with van der Waals surface area (Å²) in [5.74, 6) is 1.31. The van der Waals surface area contributed by atoms with Crippen molar-refractivity contribution in [2.75, 3.05) is 5.32 Å². The normalized spacial score (nSPS) is 23.9. The van der Waals surface area contributed by atoms with Gasteiger partial charge in [-0.05, 0) is 32.6 Å². The first-order chi connectivity index (χ1) is 6.78. The lowest BCUT2D eigenvalue weighted by molar-refractivity contribution is 0.409. The molecule has 1 N–H and O–H groups in total. The Morgan fingerprint density at radius 3 is 2.47 bits per heavy atom. The average Bonchev–Trinajstić information content (AvgIpc) is 2.50. The quantitative estimate of drug-likeness (QED) is 0.813. The van der Waals surface area contributed by atoms with Crippen molar-refractivity contribution in [1.82, 2.24) is 10.1 Å². The fourth-order valence-corrected chi connectivity index (χ4v) is 1.66. The minimum atomic E-state index is -0.0388. The summed E-state index contributed by atoms with van der Waals surface area (Å²) in [5, 5.41) is 7.18. The van der Waals surface area contributed by atoms with Crippen LogP contribution >= 0.6 is 0 Å². The fraction of sp³-hybridized carbons (Fsp3) is 0.818. The molecule has 1 aliphatic rings. The van der Waals surface area contributed by atoms with E-state index >= 15 is 0 Å². The molecule has 15 heavy (non-hydrogen) atoms. The van der Waals surface area contributed by atoms with Crippen molar-refractivity contribution in [3.63, 3.8) is 0 Å². The smallest absolute Gasteiger partial charge is 0.321 e. The molecule has 2 rings (SSSR count). The summed E-state index contributed by atoms with van der Waals surface area (Å²) in [6.45, 7) is 10.7. The molecule has 0 saturated heterocycles. The zero-order valence-electron chi connectivity index (χ0n) is 10.1. The van der Waals surface area contributed by atoms with Crippen LogP contribution in [0, 0.1) is 5.41 Å². The summed E-state index contributed by atoms with van der Waals surface area (Å²) in [6.07, 6.45) is 1.15. The van der Waals surface area contributed by atoms with E-state index in [-0.39, 0.29) is 5.54 Å². The first kappa shape index (κ1) is 10.5. The lowest BCUT2D eigenvalue weighted by atomic mass is 10.1. The van der Waals surface area contributed by atoms with Gasteiger partial charge in [0, 0.05) is 11.5 Å².